The van der Waals surface area contributed by atoms with Crippen molar-refractivity contribution < 1.29 is 23.9 Å². The number of amides is 2. The van der Waals surface area contributed by atoms with E-state index in [1.54, 1.807) is 79.7 Å². The second-order valence-corrected chi connectivity index (χ2v) is 10.8. The average molecular weight is 674 g/mol. The summed E-state index contributed by atoms with van der Waals surface area (Å²) in [6.07, 6.45) is 2.95. The van der Waals surface area contributed by atoms with Gasteiger partial charge in [-0.3, -0.25) is 9.59 Å². The molecule has 47 heavy (non-hydrogen) atoms. The fourth-order valence-corrected chi connectivity index (χ4v) is 4.93. The lowest BCUT2D eigenvalue weighted by Crippen LogP contribution is -2.33. The molecule has 0 aliphatic heterocycles. The Labute approximate surface area is 283 Å². The van der Waals surface area contributed by atoms with Gasteiger partial charge in [-0.1, -0.05) is 59.6 Å². The Balaban J connectivity index is 1.54. The van der Waals surface area contributed by atoms with Gasteiger partial charge in [0.1, 0.15) is 5.70 Å². The van der Waals surface area contributed by atoms with Crippen molar-refractivity contribution in [2.45, 2.75) is 20.8 Å². The summed E-state index contributed by atoms with van der Waals surface area (Å²) in [7, 11) is 0. The van der Waals surface area contributed by atoms with Crippen molar-refractivity contribution in [1.29, 1.82) is 0 Å². The van der Waals surface area contributed by atoms with Gasteiger partial charge in [0.15, 0.2) is 11.5 Å². The molecule has 0 heterocycles. The third-order valence-corrected chi connectivity index (χ3v) is 7.55. The van der Waals surface area contributed by atoms with Crippen LogP contribution in [0.2, 0.25) is 10.0 Å². The zero-order chi connectivity index (χ0) is 33.8. The minimum Gasteiger partial charge on any atom is -0.490 e. The highest BCUT2D eigenvalue weighted by atomic mass is 35.5. The Morgan fingerprint density at radius 3 is 2.02 bits per heavy atom. The number of halogens is 2. The van der Waals surface area contributed by atoms with Gasteiger partial charge in [-0.05, 0) is 92.6 Å². The zero-order valence-electron chi connectivity index (χ0n) is 26.1. The van der Waals surface area contributed by atoms with E-state index in [0.29, 0.717) is 23.5 Å². The predicted molar refractivity (Wildman–Crippen MR) is 187 cm³/mol. The van der Waals surface area contributed by atoms with Crippen LogP contribution in [0.3, 0.4) is 0 Å². The molecule has 0 aliphatic carbocycles. The third kappa shape index (κ3) is 9.45. The van der Waals surface area contributed by atoms with E-state index in [9.17, 15) is 14.4 Å². The zero-order valence-corrected chi connectivity index (χ0v) is 27.6. The lowest BCUT2D eigenvalue weighted by molar-refractivity contribution is -0.117. The van der Waals surface area contributed by atoms with Gasteiger partial charge in [-0.25, -0.2) is 10.2 Å². The molecule has 0 bridgehead atoms. The minimum absolute atomic E-state index is 0.0421. The number of rotatable bonds is 13. The fourth-order valence-electron chi connectivity index (χ4n) is 4.50. The van der Waals surface area contributed by atoms with Crippen molar-refractivity contribution in [2.24, 2.45) is 5.10 Å². The summed E-state index contributed by atoms with van der Waals surface area (Å²) in [5.41, 5.74) is 5.13. The van der Waals surface area contributed by atoms with Crippen LogP contribution in [-0.4, -0.2) is 43.7 Å². The number of anilines is 1. The van der Waals surface area contributed by atoms with Gasteiger partial charge in [-0.15, -0.1) is 0 Å². The number of hydrogen-bond donors (Lipinski definition) is 2. The number of nitrogens with one attached hydrogen (secondary N) is 2. The van der Waals surface area contributed by atoms with Gasteiger partial charge in [0.2, 0.25) is 0 Å². The van der Waals surface area contributed by atoms with Gasteiger partial charge >= 0.3 is 5.97 Å². The van der Waals surface area contributed by atoms with Gasteiger partial charge in [0, 0.05) is 18.8 Å². The molecule has 2 amide bonds. The number of nitrogens with zero attached hydrogens (tertiary/aromatic N) is 2. The van der Waals surface area contributed by atoms with Gasteiger partial charge in [0.25, 0.3) is 11.8 Å². The van der Waals surface area contributed by atoms with E-state index >= 15 is 0 Å². The second-order valence-electron chi connectivity index (χ2n) is 9.96. The number of carbonyl (C=O) groups is 3. The van der Waals surface area contributed by atoms with Crippen LogP contribution < -0.4 is 25.1 Å². The summed E-state index contributed by atoms with van der Waals surface area (Å²) < 4.78 is 11.2. The summed E-state index contributed by atoms with van der Waals surface area (Å²) in [6, 6.07) is 25.6. The van der Waals surface area contributed by atoms with Crippen molar-refractivity contribution >= 4 is 59.0 Å². The minimum atomic E-state index is -0.662. The molecular weight excluding hydrogens is 639 g/mol. The number of hydrogen-bond acceptors (Lipinski definition) is 7. The largest absolute Gasteiger partial charge is 0.490 e. The topological polar surface area (TPSA) is 109 Å². The van der Waals surface area contributed by atoms with Crippen molar-refractivity contribution in [3.63, 3.8) is 0 Å². The fraction of sp³-hybridized carbons (Fsp3) is 0.167. The molecule has 0 saturated carbocycles. The normalized spacial score (nSPS) is 11.2. The highest BCUT2D eigenvalue weighted by molar-refractivity contribution is 6.34. The van der Waals surface area contributed by atoms with Crippen LogP contribution in [0, 0.1) is 0 Å². The lowest BCUT2D eigenvalue weighted by atomic mass is 10.1. The molecule has 4 aromatic rings. The maximum absolute atomic E-state index is 13.3. The number of hydrazone groups is 1. The first kappa shape index (κ1) is 34.7. The SMILES string of the molecule is CCOc1cc(/C=N/NC(=O)/C(=C\c2ccc(N(CC)CC)cc2)NC(=O)c2ccccc2Cl)ccc1OC(=O)c1ccccc1Cl. The molecule has 11 heteroatoms. The monoisotopic (exact) mass is 672 g/mol. The second kappa shape index (κ2) is 17.0. The Bertz CT molecular complexity index is 1790. The number of carbonyl (C=O) groups excluding carboxylic acids is 3. The first-order valence-electron chi connectivity index (χ1n) is 14.9. The van der Waals surface area contributed by atoms with Crippen LogP contribution in [0.25, 0.3) is 6.08 Å². The summed E-state index contributed by atoms with van der Waals surface area (Å²) in [5.74, 6) is -1.36. The molecule has 0 spiro atoms. The summed E-state index contributed by atoms with van der Waals surface area (Å²) in [6.45, 7) is 7.97. The first-order valence-corrected chi connectivity index (χ1v) is 15.7. The van der Waals surface area contributed by atoms with Crippen LogP contribution >= 0.6 is 23.2 Å². The summed E-state index contributed by atoms with van der Waals surface area (Å²) in [5, 5.41) is 7.26. The van der Waals surface area contributed by atoms with E-state index in [0.717, 1.165) is 18.8 Å². The van der Waals surface area contributed by atoms with Crippen molar-refractivity contribution in [3.8, 4) is 11.5 Å². The van der Waals surface area contributed by atoms with Crippen molar-refractivity contribution in [3.05, 3.63) is 129 Å². The molecule has 9 nitrogen and oxygen atoms in total. The van der Waals surface area contributed by atoms with E-state index in [-0.39, 0.29) is 32.6 Å². The van der Waals surface area contributed by atoms with E-state index in [1.165, 1.54) is 6.21 Å². The van der Waals surface area contributed by atoms with Crippen LogP contribution in [0.4, 0.5) is 5.69 Å². The molecule has 4 aromatic carbocycles. The van der Waals surface area contributed by atoms with Gasteiger partial charge in [0.05, 0.1) is 34.0 Å². The quantitative estimate of drug-likeness (QED) is 0.0504. The van der Waals surface area contributed by atoms with Crippen molar-refractivity contribution in [1.82, 2.24) is 10.7 Å². The third-order valence-electron chi connectivity index (χ3n) is 6.89. The van der Waals surface area contributed by atoms with Gasteiger partial charge < -0.3 is 19.7 Å². The number of esters is 1. The Kier molecular flexibility index (Phi) is 12.6. The molecule has 0 fully saturated rings. The lowest BCUT2D eigenvalue weighted by Gasteiger charge is -2.21. The molecule has 2 N–H and O–H groups in total. The maximum atomic E-state index is 13.3. The standard InChI is InChI=1S/C36H34Cl2N4O5/c1-4-42(5-2)26-18-15-24(16-19-26)21-31(40-34(43)27-11-7-9-13-29(27)37)35(44)41-39-23-25-17-20-32(33(22-25)46-6-3)47-36(45)28-12-8-10-14-30(28)38/h7-23H,4-6H2,1-3H3,(H,40,43)(H,41,44)/b31-21+,39-23+. The Hall–Kier alpha value is -5.12. The highest BCUT2D eigenvalue weighted by Crippen LogP contribution is 2.30. The maximum Gasteiger partial charge on any atom is 0.345 e. The molecule has 0 atom stereocenters. The van der Waals surface area contributed by atoms with E-state index < -0.39 is 17.8 Å². The smallest absolute Gasteiger partial charge is 0.345 e. The number of benzene rings is 4. The Morgan fingerprint density at radius 2 is 1.40 bits per heavy atom. The average Bonchev–Trinajstić information content (AvgIpc) is 3.07. The van der Waals surface area contributed by atoms with Crippen LogP contribution in [0.15, 0.2) is 102 Å². The van der Waals surface area contributed by atoms with E-state index in [2.05, 4.69) is 34.6 Å². The van der Waals surface area contributed by atoms with Crippen molar-refractivity contribution in [2.75, 3.05) is 24.6 Å². The molecule has 0 aromatic heterocycles. The van der Waals surface area contributed by atoms with E-state index in [4.69, 9.17) is 32.7 Å². The number of ether oxygens (including phenoxy) is 2. The predicted octanol–water partition coefficient (Wildman–Crippen LogP) is 7.38. The summed E-state index contributed by atoms with van der Waals surface area (Å²) >= 11 is 12.4. The molecule has 4 rings (SSSR count). The summed E-state index contributed by atoms with van der Waals surface area (Å²) in [4.78, 5) is 41.3. The molecule has 242 valence electrons. The first-order chi connectivity index (χ1) is 22.7. The molecule has 0 saturated heterocycles. The van der Waals surface area contributed by atoms with Crippen LogP contribution in [0.5, 0.6) is 11.5 Å². The molecular formula is C36H34Cl2N4O5. The highest BCUT2D eigenvalue weighted by Gasteiger charge is 2.18. The molecule has 0 radical (unpaired) electrons. The molecule has 0 aliphatic rings. The van der Waals surface area contributed by atoms with Gasteiger partial charge in [-0.2, -0.15) is 5.10 Å². The molecule has 0 unspecified atom stereocenters. The Morgan fingerprint density at radius 1 is 0.787 bits per heavy atom. The van der Waals surface area contributed by atoms with E-state index in [1.807, 2.05) is 24.3 Å². The van der Waals surface area contributed by atoms with Crippen LogP contribution in [0.1, 0.15) is 52.6 Å². The van der Waals surface area contributed by atoms with Crippen LogP contribution in [-0.2, 0) is 4.79 Å².